The lowest BCUT2D eigenvalue weighted by Crippen LogP contribution is -2.37. The molecule has 5 heteroatoms. The molecule has 1 atom stereocenters. The smallest absolute Gasteiger partial charge is 0.338 e. The van der Waals surface area contributed by atoms with Gasteiger partial charge in [-0.2, -0.15) is 0 Å². The molecular weight excluding hydrogens is 366 g/mol. The monoisotopic (exact) mass is 395 g/mol. The lowest BCUT2D eigenvalue weighted by atomic mass is 9.94. The molecule has 0 aromatic heterocycles. The van der Waals surface area contributed by atoms with Crippen molar-refractivity contribution in [2.75, 3.05) is 25.2 Å². The Morgan fingerprint density at radius 1 is 1.24 bits per heavy atom. The van der Waals surface area contributed by atoms with Crippen LogP contribution in [0.3, 0.4) is 0 Å². The van der Waals surface area contributed by atoms with Gasteiger partial charge in [0.05, 0.1) is 12.2 Å². The number of phenols is 1. The molecule has 0 bridgehead atoms. The lowest BCUT2D eigenvalue weighted by Gasteiger charge is -2.34. The molecule has 3 rings (SSSR count). The highest BCUT2D eigenvalue weighted by molar-refractivity contribution is 5.94. The number of ether oxygens (including phenoxy) is 2. The topological polar surface area (TPSA) is 59.0 Å². The molecule has 1 fully saturated rings. The summed E-state index contributed by atoms with van der Waals surface area (Å²) in [5, 5.41) is 10.0. The number of benzene rings is 2. The van der Waals surface area contributed by atoms with E-state index in [-0.39, 0.29) is 17.9 Å². The Labute approximate surface area is 172 Å². The number of hydrogen-bond acceptors (Lipinski definition) is 5. The Morgan fingerprint density at radius 2 is 2.03 bits per heavy atom. The first-order valence-electron chi connectivity index (χ1n) is 10.1. The summed E-state index contributed by atoms with van der Waals surface area (Å²) in [4.78, 5) is 14.4. The molecule has 5 nitrogen and oxygen atoms in total. The summed E-state index contributed by atoms with van der Waals surface area (Å²) in [7, 11) is 2.00. The van der Waals surface area contributed by atoms with Crippen molar-refractivity contribution in [3.63, 3.8) is 0 Å². The highest BCUT2D eigenvalue weighted by Gasteiger charge is 2.23. The van der Waals surface area contributed by atoms with Crippen molar-refractivity contribution in [2.24, 2.45) is 0 Å². The van der Waals surface area contributed by atoms with Gasteiger partial charge in [0.15, 0.2) is 0 Å². The van der Waals surface area contributed by atoms with Crippen molar-refractivity contribution < 1.29 is 19.4 Å². The van der Waals surface area contributed by atoms with Crippen molar-refractivity contribution in [1.82, 2.24) is 0 Å². The zero-order valence-corrected chi connectivity index (χ0v) is 17.4. The first-order chi connectivity index (χ1) is 13.9. The number of esters is 1. The molecular formula is C24H29NO4. The van der Waals surface area contributed by atoms with Crippen LogP contribution in [0.25, 0.3) is 5.57 Å². The van der Waals surface area contributed by atoms with Crippen LogP contribution in [0, 0.1) is 6.92 Å². The predicted octanol–water partition coefficient (Wildman–Crippen LogP) is 4.90. The summed E-state index contributed by atoms with van der Waals surface area (Å²) in [6.45, 7) is 9.06. The third-order valence-corrected chi connectivity index (χ3v) is 5.21. The van der Waals surface area contributed by atoms with E-state index in [1.807, 2.05) is 32.2 Å². The van der Waals surface area contributed by atoms with E-state index >= 15 is 0 Å². The molecule has 0 aliphatic carbocycles. The van der Waals surface area contributed by atoms with E-state index in [2.05, 4.69) is 11.5 Å². The minimum atomic E-state index is -0.364. The maximum atomic E-state index is 12.3. The van der Waals surface area contributed by atoms with Crippen LogP contribution >= 0.6 is 0 Å². The molecule has 0 spiro atoms. The zero-order valence-electron chi connectivity index (χ0n) is 17.4. The van der Waals surface area contributed by atoms with E-state index in [4.69, 9.17) is 9.47 Å². The second-order valence-electron chi connectivity index (χ2n) is 7.42. The number of carbonyl (C=O) groups is 1. The summed E-state index contributed by atoms with van der Waals surface area (Å²) in [5.74, 6) is -0.176. The van der Waals surface area contributed by atoms with Crippen LogP contribution in [0.15, 0.2) is 43.0 Å². The van der Waals surface area contributed by atoms with Crippen molar-refractivity contribution in [3.8, 4) is 5.75 Å². The number of anilines is 1. The Bertz CT molecular complexity index is 879. The molecule has 1 N–H and O–H groups in total. The fraction of sp³-hybridized carbons (Fsp3) is 0.375. The molecule has 1 heterocycles. The van der Waals surface area contributed by atoms with Crippen LogP contribution in [0.5, 0.6) is 5.75 Å². The number of aromatic hydroxyl groups is 1. The minimum absolute atomic E-state index is 0.0188. The summed E-state index contributed by atoms with van der Waals surface area (Å²) >= 11 is 0. The molecule has 1 aliphatic heterocycles. The molecule has 0 amide bonds. The molecule has 1 saturated heterocycles. The van der Waals surface area contributed by atoms with Gasteiger partial charge in [0.2, 0.25) is 0 Å². The average molecular weight is 395 g/mol. The molecule has 2 aromatic rings. The third-order valence-electron chi connectivity index (χ3n) is 5.21. The Balaban J connectivity index is 2.05. The summed E-state index contributed by atoms with van der Waals surface area (Å²) in [5.41, 5.74) is 4.69. The molecule has 2 aromatic carbocycles. The predicted molar refractivity (Wildman–Crippen MR) is 115 cm³/mol. The summed E-state index contributed by atoms with van der Waals surface area (Å²) in [6.07, 6.45) is 3.13. The summed E-state index contributed by atoms with van der Waals surface area (Å²) < 4.78 is 11.1. The lowest BCUT2D eigenvalue weighted by molar-refractivity contribution is 0.0174. The third kappa shape index (κ3) is 4.80. The highest BCUT2D eigenvalue weighted by atomic mass is 16.5. The fourth-order valence-electron chi connectivity index (χ4n) is 3.70. The first-order valence-corrected chi connectivity index (χ1v) is 10.1. The van der Waals surface area contributed by atoms with Crippen LogP contribution in [0.1, 0.15) is 53.2 Å². The van der Waals surface area contributed by atoms with E-state index < -0.39 is 0 Å². The Hall–Kier alpha value is -2.79. The van der Waals surface area contributed by atoms with Gasteiger partial charge < -0.3 is 19.5 Å². The molecule has 1 unspecified atom stereocenters. The first kappa shape index (κ1) is 20.9. The average Bonchev–Trinajstić information content (AvgIpc) is 2.72. The van der Waals surface area contributed by atoms with Crippen molar-refractivity contribution in [2.45, 2.75) is 39.3 Å². The van der Waals surface area contributed by atoms with E-state index in [1.54, 1.807) is 25.1 Å². The maximum Gasteiger partial charge on any atom is 0.338 e. The number of phenolic OH excluding ortho intramolecular Hbond substituents is 1. The van der Waals surface area contributed by atoms with Gasteiger partial charge in [-0.05, 0) is 80.1 Å². The van der Waals surface area contributed by atoms with Crippen molar-refractivity contribution >= 4 is 17.2 Å². The molecule has 1 aliphatic rings. The van der Waals surface area contributed by atoms with Gasteiger partial charge in [-0.25, -0.2) is 4.79 Å². The molecule has 0 saturated carbocycles. The second kappa shape index (κ2) is 9.14. The van der Waals surface area contributed by atoms with Crippen LogP contribution in [-0.2, 0) is 9.47 Å². The van der Waals surface area contributed by atoms with Gasteiger partial charge in [0.1, 0.15) is 12.0 Å². The van der Waals surface area contributed by atoms with E-state index in [1.165, 1.54) is 0 Å². The normalized spacial score (nSPS) is 16.3. The number of carbonyl (C=O) groups excluding carboxylic acids is 1. The van der Waals surface area contributed by atoms with Crippen LogP contribution in [0.4, 0.5) is 5.69 Å². The van der Waals surface area contributed by atoms with Gasteiger partial charge in [-0.1, -0.05) is 12.6 Å². The van der Waals surface area contributed by atoms with Gasteiger partial charge >= 0.3 is 5.97 Å². The van der Waals surface area contributed by atoms with Gasteiger partial charge in [-0.3, -0.25) is 0 Å². The largest absolute Gasteiger partial charge is 0.508 e. The zero-order chi connectivity index (χ0) is 21.0. The Morgan fingerprint density at radius 3 is 2.69 bits per heavy atom. The van der Waals surface area contributed by atoms with Crippen molar-refractivity contribution in [1.29, 1.82) is 0 Å². The quantitative estimate of drug-likeness (QED) is 0.705. The Kier molecular flexibility index (Phi) is 6.60. The molecule has 0 radical (unpaired) electrons. The highest BCUT2D eigenvalue weighted by Crippen LogP contribution is 2.35. The number of hydrogen-bond donors (Lipinski definition) is 1. The maximum absolute atomic E-state index is 12.3. The minimum Gasteiger partial charge on any atom is -0.508 e. The van der Waals surface area contributed by atoms with Crippen molar-refractivity contribution in [3.05, 3.63) is 65.2 Å². The fourth-order valence-corrected chi connectivity index (χ4v) is 3.70. The van der Waals surface area contributed by atoms with Gasteiger partial charge in [0.25, 0.3) is 0 Å². The molecule has 154 valence electrons. The van der Waals surface area contributed by atoms with Crippen LogP contribution < -0.4 is 4.90 Å². The standard InChI is InChI=1S/C24H29NO4/c1-5-28-24(27)18-9-10-22(25(4)23-8-6-7-11-29-23)21(15-18)17(3)19-12-16(2)13-20(26)14-19/h9-10,12-15,23,26H,3,5-8,11H2,1-2,4H3. The van der Waals surface area contributed by atoms with Gasteiger partial charge in [0, 0.05) is 24.9 Å². The number of aryl methyl sites for hydroxylation is 1. The SMILES string of the molecule is C=C(c1cc(C)cc(O)c1)c1cc(C(=O)OCC)ccc1N(C)C1CCCCO1. The summed E-state index contributed by atoms with van der Waals surface area (Å²) in [6, 6.07) is 10.9. The van der Waals surface area contributed by atoms with Crippen LogP contribution in [0.2, 0.25) is 0 Å². The number of nitrogens with zero attached hydrogens (tertiary/aromatic N) is 1. The second-order valence-corrected chi connectivity index (χ2v) is 7.42. The van der Waals surface area contributed by atoms with Crippen LogP contribution in [-0.4, -0.2) is 37.6 Å². The van der Waals surface area contributed by atoms with E-state index in [9.17, 15) is 9.90 Å². The van der Waals surface area contributed by atoms with Gasteiger partial charge in [-0.15, -0.1) is 0 Å². The van der Waals surface area contributed by atoms with E-state index in [0.29, 0.717) is 12.2 Å². The number of rotatable bonds is 6. The molecule has 29 heavy (non-hydrogen) atoms. The van der Waals surface area contributed by atoms with E-state index in [0.717, 1.165) is 53.8 Å².